The van der Waals surface area contributed by atoms with E-state index in [1.165, 1.54) is 30.4 Å². The molecule has 0 fully saturated rings. The fraction of sp³-hybridized carbons (Fsp3) is 0.429. The van der Waals surface area contributed by atoms with Crippen molar-refractivity contribution in [1.29, 1.82) is 0 Å². The van der Waals surface area contributed by atoms with Gasteiger partial charge in [0.1, 0.15) is 11.8 Å². The Hall–Kier alpha value is -3.17. The molecule has 1 atom stereocenters. The Morgan fingerprint density at radius 2 is 1.76 bits per heavy atom. The van der Waals surface area contributed by atoms with Gasteiger partial charge in [-0.1, -0.05) is 54.1 Å². The van der Waals surface area contributed by atoms with Gasteiger partial charge in [0.25, 0.3) is 0 Å². The molecule has 3 rings (SSSR count). The Morgan fingerprint density at radius 1 is 1.05 bits per heavy atom. The minimum Gasteiger partial charge on any atom is -0.497 e. The molecule has 8 nitrogen and oxygen atoms in total. The third kappa shape index (κ3) is 8.43. The molecular weight excluding hydrogens is 490 g/mol. The minimum absolute atomic E-state index is 0.124. The Morgan fingerprint density at radius 3 is 2.35 bits per heavy atom. The number of nitrogens with one attached hydrogen (secondary N) is 1. The van der Waals surface area contributed by atoms with Crippen LogP contribution in [0.3, 0.4) is 0 Å². The lowest BCUT2D eigenvalue weighted by atomic mass is 9.97. The van der Waals surface area contributed by atoms with Crippen LogP contribution in [0.4, 0.5) is 0 Å². The van der Waals surface area contributed by atoms with E-state index in [9.17, 15) is 18.0 Å². The number of benzene rings is 2. The van der Waals surface area contributed by atoms with Crippen LogP contribution in [0.15, 0.2) is 66.2 Å². The van der Waals surface area contributed by atoms with Crippen molar-refractivity contribution in [2.45, 2.75) is 44.7 Å². The largest absolute Gasteiger partial charge is 0.497 e. The van der Waals surface area contributed by atoms with E-state index in [1.807, 2.05) is 42.5 Å². The van der Waals surface area contributed by atoms with Crippen LogP contribution in [0.1, 0.15) is 49.3 Å². The fourth-order valence-electron chi connectivity index (χ4n) is 4.33. The van der Waals surface area contributed by atoms with Crippen LogP contribution < -0.4 is 10.1 Å². The van der Waals surface area contributed by atoms with E-state index in [1.54, 1.807) is 19.2 Å². The quantitative estimate of drug-likeness (QED) is 0.425. The van der Waals surface area contributed by atoms with Crippen LogP contribution >= 0.6 is 0 Å². The van der Waals surface area contributed by atoms with Crippen LogP contribution in [0, 0.1) is 0 Å². The second-order valence-corrected chi connectivity index (χ2v) is 11.4. The second kappa shape index (κ2) is 13.4. The summed E-state index contributed by atoms with van der Waals surface area (Å²) < 4.78 is 30.3. The number of hydrogen-bond acceptors (Lipinski definition) is 5. The van der Waals surface area contributed by atoms with Crippen LogP contribution in [0.25, 0.3) is 0 Å². The number of carbonyl (C=O) groups excluding carboxylic acids is 2. The van der Waals surface area contributed by atoms with Gasteiger partial charge in [0.05, 0.1) is 19.9 Å². The molecule has 2 aromatic rings. The van der Waals surface area contributed by atoms with E-state index in [0.29, 0.717) is 17.9 Å². The van der Waals surface area contributed by atoms with E-state index in [0.717, 1.165) is 35.4 Å². The number of carbonyl (C=O) groups is 2. The van der Waals surface area contributed by atoms with Gasteiger partial charge in [-0.05, 0) is 55.4 Å². The van der Waals surface area contributed by atoms with Crippen molar-refractivity contribution in [3.63, 3.8) is 0 Å². The number of sulfonamides is 1. The van der Waals surface area contributed by atoms with Crippen LogP contribution in [0.5, 0.6) is 5.75 Å². The lowest BCUT2D eigenvalue weighted by Gasteiger charge is -2.32. The smallest absolute Gasteiger partial charge is 0.247 e. The molecule has 2 amide bonds. The van der Waals surface area contributed by atoms with Gasteiger partial charge >= 0.3 is 0 Å². The summed E-state index contributed by atoms with van der Waals surface area (Å²) in [6, 6.07) is 15.4. The second-order valence-electron chi connectivity index (χ2n) is 9.35. The highest BCUT2D eigenvalue weighted by Gasteiger charge is 2.32. The molecule has 0 bridgehead atoms. The first kappa shape index (κ1) is 28.4. The van der Waals surface area contributed by atoms with Crippen molar-refractivity contribution >= 4 is 21.8 Å². The van der Waals surface area contributed by atoms with Gasteiger partial charge in [0.2, 0.25) is 21.8 Å². The summed E-state index contributed by atoms with van der Waals surface area (Å²) in [5, 5.41) is 3.03. The predicted octanol–water partition coefficient (Wildman–Crippen LogP) is 3.66. The van der Waals surface area contributed by atoms with Gasteiger partial charge in [-0.2, -0.15) is 4.31 Å². The Balaban J connectivity index is 1.90. The number of hydrogen-bond donors (Lipinski definition) is 1. The van der Waals surface area contributed by atoms with Crippen molar-refractivity contribution in [3.05, 3.63) is 77.4 Å². The van der Waals surface area contributed by atoms with E-state index in [2.05, 4.69) is 11.4 Å². The van der Waals surface area contributed by atoms with Gasteiger partial charge in [0, 0.05) is 20.1 Å². The van der Waals surface area contributed by atoms with Crippen molar-refractivity contribution in [2.24, 2.45) is 0 Å². The lowest BCUT2D eigenvalue weighted by Crippen LogP contribution is -2.47. The average molecular weight is 528 g/mol. The van der Waals surface area contributed by atoms with Gasteiger partial charge in [0.15, 0.2) is 0 Å². The van der Waals surface area contributed by atoms with Gasteiger partial charge < -0.3 is 15.0 Å². The van der Waals surface area contributed by atoms with E-state index in [4.69, 9.17) is 4.74 Å². The summed E-state index contributed by atoms with van der Waals surface area (Å²) in [5.74, 6) is -0.0954. The molecule has 0 heterocycles. The molecule has 1 aliphatic rings. The van der Waals surface area contributed by atoms with E-state index >= 15 is 0 Å². The Kier molecular flexibility index (Phi) is 10.3. The lowest BCUT2D eigenvalue weighted by molar-refractivity contribution is -0.141. The number of rotatable bonds is 12. The molecule has 0 saturated heterocycles. The molecule has 0 radical (unpaired) electrons. The summed E-state index contributed by atoms with van der Waals surface area (Å²) in [7, 11) is -0.658. The number of ether oxygens (including phenoxy) is 1. The topological polar surface area (TPSA) is 96.0 Å². The summed E-state index contributed by atoms with van der Waals surface area (Å²) in [6.45, 7) is 0.221. The molecule has 200 valence electrons. The van der Waals surface area contributed by atoms with E-state index < -0.39 is 22.0 Å². The zero-order chi connectivity index (χ0) is 26.8. The maximum Gasteiger partial charge on any atom is 0.247 e. The monoisotopic (exact) mass is 527 g/mol. The molecule has 2 aromatic carbocycles. The maximum absolute atomic E-state index is 13.6. The van der Waals surface area contributed by atoms with Crippen molar-refractivity contribution in [3.8, 4) is 5.75 Å². The first-order valence-corrected chi connectivity index (χ1v) is 14.4. The molecule has 0 spiro atoms. The fourth-order valence-corrected chi connectivity index (χ4v) is 4.68. The summed E-state index contributed by atoms with van der Waals surface area (Å²) in [4.78, 5) is 28.7. The van der Waals surface area contributed by atoms with Crippen molar-refractivity contribution in [1.82, 2.24) is 14.5 Å². The summed E-state index contributed by atoms with van der Waals surface area (Å²) >= 11 is 0. The van der Waals surface area contributed by atoms with Crippen LogP contribution in [0.2, 0.25) is 0 Å². The summed E-state index contributed by atoms with van der Waals surface area (Å²) in [5.41, 5.74) is 2.79. The molecule has 1 aliphatic carbocycles. The minimum atomic E-state index is -3.59. The van der Waals surface area contributed by atoms with Gasteiger partial charge in [-0.25, -0.2) is 8.42 Å². The number of likely N-dealkylation sites (N-methyl/N-ethyl adjacent to an activating group) is 1. The Bertz CT molecular complexity index is 1180. The standard InChI is InChI=1S/C28H37N3O5S/c1-30(37(3,34)35)21-26(32)31(20-23-14-16-25(36-2)17-15-23)27(24-12-8-5-9-13-24)28(33)29-19-18-22-10-6-4-7-11-22/h5,8-10,12-17,27H,4,6-7,11,18-21H2,1-3H3,(H,29,33)/t27-/m1/s1. The molecular formula is C28H37N3O5S. The number of methoxy groups -OCH3 is 1. The average Bonchev–Trinajstić information content (AvgIpc) is 2.89. The highest BCUT2D eigenvalue weighted by atomic mass is 32.2. The highest BCUT2D eigenvalue weighted by molar-refractivity contribution is 7.88. The number of allylic oxidation sites excluding steroid dienone is 1. The maximum atomic E-state index is 13.6. The molecule has 0 unspecified atom stereocenters. The number of nitrogens with zero attached hydrogens (tertiary/aromatic N) is 2. The number of amides is 2. The Labute approximate surface area is 220 Å². The highest BCUT2D eigenvalue weighted by Crippen LogP contribution is 2.26. The summed E-state index contributed by atoms with van der Waals surface area (Å²) in [6.07, 6.45) is 8.59. The normalized spacial score (nSPS) is 14.5. The van der Waals surface area contributed by atoms with Gasteiger partial charge in [-0.3, -0.25) is 9.59 Å². The van der Waals surface area contributed by atoms with Gasteiger partial charge in [-0.15, -0.1) is 0 Å². The van der Waals surface area contributed by atoms with Crippen molar-refractivity contribution < 1.29 is 22.7 Å². The molecule has 0 aromatic heterocycles. The first-order valence-electron chi connectivity index (χ1n) is 12.5. The third-order valence-electron chi connectivity index (χ3n) is 6.56. The zero-order valence-electron chi connectivity index (χ0n) is 21.9. The predicted molar refractivity (Wildman–Crippen MR) is 144 cm³/mol. The zero-order valence-corrected chi connectivity index (χ0v) is 22.7. The van der Waals surface area contributed by atoms with E-state index in [-0.39, 0.29) is 19.0 Å². The van der Waals surface area contributed by atoms with Crippen LogP contribution in [-0.2, 0) is 26.2 Å². The molecule has 9 heteroatoms. The molecule has 37 heavy (non-hydrogen) atoms. The van der Waals surface area contributed by atoms with Crippen LogP contribution in [-0.4, -0.2) is 62.9 Å². The molecule has 0 aliphatic heterocycles. The molecule has 0 saturated carbocycles. The SMILES string of the molecule is COc1ccc(CN(C(=O)CN(C)S(C)(=O)=O)[C@@H](C(=O)NCCC2=CCCCC2)c2ccccc2)cc1. The first-order chi connectivity index (χ1) is 17.7. The third-order valence-corrected chi connectivity index (χ3v) is 7.82. The van der Waals surface area contributed by atoms with Crippen molar-refractivity contribution in [2.75, 3.05) is 33.5 Å². The molecule has 1 N–H and O–H groups in total.